The average Bonchev–Trinajstić information content (AvgIpc) is 3.34. The van der Waals surface area contributed by atoms with Crippen LogP contribution in [0.25, 0.3) is 0 Å². The molecule has 9 nitrogen and oxygen atoms in total. The predicted octanol–water partition coefficient (Wildman–Crippen LogP) is -0.471. The van der Waals surface area contributed by atoms with Gasteiger partial charge in [0, 0.05) is 37.9 Å². The number of likely N-dealkylation sites (tertiary alicyclic amines) is 1. The van der Waals surface area contributed by atoms with Gasteiger partial charge in [0.1, 0.15) is 17.9 Å². The third kappa shape index (κ3) is 4.17. The molecule has 9 heteroatoms. The summed E-state index contributed by atoms with van der Waals surface area (Å²) in [5, 5.41) is 2.80. The maximum Gasteiger partial charge on any atom is 0.246 e. The number of imidazole rings is 1. The lowest BCUT2D eigenvalue weighted by Gasteiger charge is -2.28. The van der Waals surface area contributed by atoms with E-state index in [2.05, 4.69) is 15.3 Å². The summed E-state index contributed by atoms with van der Waals surface area (Å²) in [6, 6.07) is -1.51. The van der Waals surface area contributed by atoms with E-state index in [0.29, 0.717) is 31.5 Å². The van der Waals surface area contributed by atoms with Crippen LogP contribution in [0.15, 0.2) is 12.5 Å². The van der Waals surface area contributed by atoms with E-state index in [4.69, 9.17) is 5.73 Å². The first kappa shape index (κ1) is 19.1. The van der Waals surface area contributed by atoms with Gasteiger partial charge in [-0.25, -0.2) is 4.98 Å². The highest BCUT2D eigenvalue weighted by Gasteiger charge is 2.40. The number of nitrogens with zero attached hydrogens (tertiary/aromatic N) is 2. The molecule has 2 heterocycles. The first-order chi connectivity index (χ1) is 12.9. The molecule has 4 N–H and O–H groups in total. The molecule has 3 rings (SSSR count). The third-order valence-corrected chi connectivity index (χ3v) is 5.47. The van der Waals surface area contributed by atoms with Crippen molar-refractivity contribution in [3.63, 3.8) is 0 Å². The van der Waals surface area contributed by atoms with E-state index < -0.39 is 23.9 Å². The molecule has 1 aliphatic heterocycles. The fraction of sp³-hybridized carbons (Fsp3) is 0.611. The van der Waals surface area contributed by atoms with Crippen molar-refractivity contribution in [3.8, 4) is 0 Å². The zero-order valence-corrected chi connectivity index (χ0v) is 15.3. The maximum absolute atomic E-state index is 13.1. The number of carbonyl (C=O) groups is 4. The van der Waals surface area contributed by atoms with Gasteiger partial charge in [0.2, 0.25) is 17.7 Å². The number of aromatic nitrogens is 2. The van der Waals surface area contributed by atoms with Crippen molar-refractivity contribution in [3.05, 3.63) is 18.2 Å². The smallest absolute Gasteiger partial charge is 0.246 e. The Morgan fingerprint density at radius 1 is 1.41 bits per heavy atom. The molecule has 4 atom stereocenters. The van der Waals surface area contributed by atoms with Crippen LogP contribution >= 0.6 is 0 Å². The molecule has 2 aliphatic rings. The van der Waals surface area contributed by atoms with Gasteiger partial charge < -0.3 is 20.9 Å². The van der Waals surface area contributed by atoms with Gasteiger partial charge >= 0.3 is 0 Å². The number of nitrogens with one attached hydrogen (secondary N) is 2. The molecule has 0 spiro atoms. The molecule has 1 aromatic heterocycles. The second-order valence-electron chi connectivity index (χ2n) is 7.45. The number of primary amides is 1. The lowest BCUT2D eigenvalue weighted by molar-refractivity contribution is -0.141. The average molecular weight is 375 g/mol. The van der Waals surface area contributed by atoms with E-state index in [-0.39, 0.29) is 36.4 Å². The Hall–Kier alpha value is -2.71. The van der Waals surface area contributed by atoms with E-state index in [0.717, 1.165) is 0 Å². The number of rotatable bonds is 6. The van der Waals surface area contributed by atoms with Crippen molar-refractivity contribution in [1.29, 1.82) is 0 Å². The van der Waals surface area contributed by atoms with Gasteiger partial charge in [0.25, 0.3) is 0 Å². The van der Waals surface area contributed by atoms with Gasteiger partial charge in [-0.2, -0.15) is 0 Å². The Morgan fingerprint density at radius 3 is 2.78 bits per heavy atom. The van der Waals surface area contributed by atoms with Crippen molar-refractivity contribution < 1.29 is 19.2 Å². The van der Waals surface area contributed by atoms with Crippen LogP contribution in [-0.4, -0.2) is 57.0 Å². The molecule has 3 amide bonds. The number of amides is 3. The van der Waals surface area contributed by atoms with E-state index in [9.17, 15) is 19.2 Å². The molecule has 0 radical (unpaired) electrons. The number of Topliss-reactive ketones (excluding diaryl/α,β-unsaturated/α-hetero) is 1. The van der Waals surface area contributed by atoms with Gasteiger partial charge in [0.05, 0.1) is 12.0 Å². The Labute approximate surface area is 157 Å². The van der Waals surface area contributed by atoms with Crippen molar-refractivity contribution >= 4 is 23.5 Å². The molecule has 27 heavy (non-hydrogen) atoms. The van der Waals surface area contributed by atoms with Crippen LogP contribution in [0.5, 0.6) is 0 Å². The maximum atomic E-state index is 13.1. The zero-order chi connectivity index (χ0) is 19.6. The highest BCUT2D eigenvalue weighted by atomic mass is 16.2. The monoisotopic (exact) mass is 375 g/mol. The highest BCUT2D eigenvalue weighted by Crippen LogP contribution is 2.29. The lowest BCUT2D eigenvalue weighted by Crippen LogP contribution is -2.54. The van der Waals surface area contributed by atoms with Crippen molar-refractivity contribution in [2.45, 2.75) is 51.1 Å². The van der Waals surface area contributed by atoms with Crippen LogP contribution in [0.3, 0.4) is 0 Å². The molecule has 2 unspecified atom stereocenters. The van der Waals surface area contributed by atoms with Gasteiger partial charge in [-0.1, -0.05) is 6.92 Å². The minimum Gasteiger partial charge on any atom is -0.368 e. The Balaban J connectivity index is 1.76. The van der Waals surface area contributed by atoms with Crippen LogP contribution in [0.1, 0.15) is 38.3 Å². The van der Waals surface area contributed by atoms with Gasteiger partial charge in [-0.05, 0) is 18.8 Å². The number of hydrogen-bond acceptors (Lipinski definition) is 5. The van der Waals surface area contributed by atoms with E-state index in [1.807, 2.05) is 6.92 Å². The van der Waals surface area contributed by atoms with Crippen LogP contribution in [0, 0.1) is 11.8 Å². The number of nitrogens with two attached hydrogens (primary N) is 1. The number of ketones is 1. The van der Waals surface area contributed by atoms with Crippen molar-refractivity contribution in [2.24, 2.45) is 17.6 Å². The number of carbonyl (C=O) groups excluding carboxylic acids is 4. The summed E-state index contributed by atoms with van der Waals surface area (Å²) >= 11 is 0. The normalized spacial score (nSPS) is 26.2. The molecule has 146 valence electrons. The largest absolute Gasteiger partial charge is 0.368 e. The SMILES string of the molecule is CC1CC(=O)CC1C(=O)N[C@@H](Cc1c[nH]cn1)C(=O)N1CCC[C@H]1C(N)=O. The van der Waals surface area contributed by atoms with Crippen LogP contribution in [0.2, 0.25) is 0 Å². The minimum absolute atomic E-state index is 0.0520. The van der Waals surface area contributed by atoms with E-state index in [1.54, 1.807) is 6.20 Å². The van der Waals surface area contributed by atoms with Crippen molar-refractivity contribution in [2.75, 3.05) is 6.54 Å². The summed E-state index contributed by atoms with van der Waals surface area (Å²) in [5.74, 6) is -1.62. The zero-order valence-electron chi connectivity index (χ0n) is 15.3. The third-order valence-electron chi connectivity index (χ3n) is 5.47. The summed E-state index contributed by atoms with van der Waals surface area (Å²) in [4.78, 5) is 57.5. The molecule has 1 saturated carbocycles. The summed E-state index contributed by atoms with van der Waals surface area (Å²) in [7, 11) is 0. The quantitative estimate of drug-likeness (QED) is 0.617. The molecule has 1 aliphatic carbocycles. The van der Waals surface area contributed by atoms with Gasteiger partial charge in [-0.15, -0.1) is 0 Å². The molecule has 1 saturated heterocycles. The second-order valence-corrected chi connectivity index (χ2v) is 7.45. The lowest BCUT2D eigenvalue weighted by atomic mass is 9.96. The van der Waals surface area contributed by atoms with Crippen LogP contribution in [0.4, 0.5) is 0 Å². The Kier molecular flexibility index (Phi) is 5.57. The van der Waals surface area contributed by atoms with Crippen LogP contribution in [-0.2, 0) is 25.6 Å². The molecular weight excluding hydrogens is 350 g/mol. The molecule has 0 bridgehead atoms. The van der Waals surface area contributed by atoms with E-state index >= 15 is 0 Å². The number of aromatic amines is 1. The minimum atomic E-state index is -0.858. The van der Waals surface area contributed by atoms with E-state index in [1.165, 1.54) is 11.2 Å². The Bertz CT molecular complexity index is 732. The fourth-order valence-electron chi connectivity index (χ4n) is 4.00. The molecule has 1 aromatic rings. The number of H-pyrrole nitrogens is 1. The Morgan fingerprint density at radius 2 is 2.19 bits per heavy atom. The summed E-state index contributed by atoms with van der Waals surface area (Å²) in [6.45, 7) is 2.29. The van der Waals surface area contributed by atoms with Gasteiger partial charge in [-0.3, -0.25) is 19.2 Å². The second kappa shape index (κ2) is 7.89. The molecule has 2 fully saturated rings. The van der Waals surface area contributed by atoms with Gasteiger partial charge in [0.15, 0.2) is 0 Å². The standard InChI is InChI=1S/C18H25N5O4/c1-10-5-12(24)7-13(10)17(26)22-14(6-11-8-20-9-21-11)18(27)23-4-2-3-15(23)16(19)25/h8-10,13-15H,2-7H2,1H3,(H2,19,25)(H,20,21)(H,22,26)/t10?,13?,14-,15-/m0/s1. The number of hydrogen-bond donors (Lipinski definition) is 3. The first-order valence-corrected chi connectivity index (χ1v) is 9.26. The topological polar surface area (TPSA) is 138 Å². The molecule has 0 aromatic carbocycles. The summed E-state index contributed by atoms with van der Waals surface area (Å²) in [6.07, 6.45) is 5.15. The van der Waals surface area contributed by atoms with Crippen LogP contribution < -0.4 is 11.1 Å². The first-order valence-electron chi connectivity index (χ1n) is 9.26. The summed E-state index contributed by atoms with van der Waals surface area (Å²) in [5.41, 5.74) is 6.05. The van der Waals surface area contributed by atoms with Crippen molar-refractivity contribution in [1.82, 2.24) is 20.2 Å². The highest BCUT2D eigenvalue weighted by molar-refractivity contribution is 5.95. The molecular formula is C18H25N5O4. The summed E-state index contributed by atoms with van der Waals surface area (Å²) < 4.78 is 0. The fourth-order valence-corrected chi connectivity index (χ4v) is 4.00. The predicted molar refractivity (Wildman–Crippen MR) is 95.0 cm³/mol.